The molecule has 0 bridgehead atoms. The van der Waals surface area contributed by atoms with E-state index in [2.05, 4.69) is 10.3 Å². The number of para-hydroxylation sites is 1. The van der Waals surface area contributed by atoms with Gasteiger partial charge in [0.25, 0.3) is 5.91 Å². The fraction of sp³-hybridized carbons (Fsp3) is 0.167. The number of hydrogen-bond acceptors (Lipinski definition) is 3. The topological polar surface area (TPSA) is 51.0 Å². The Hall–Kier alpha value is -2.66. The highest BCUT2D eigenvalue weighted by Crippen LogP contribution is 2.21. The zero-order valence-electron chi connectivity index (χ0n) is 13.7. The smallest absolute Gasteiger partial charge is 0.280 e. The van der Waals surface area contributed by atoms with Gasteiger partial charge < -0.3 is 4.90 Å². The predicted octanol–water partition coefficient (Wildman–Crippen LogP) is 3.81. The van der Waals surface area contributed by atoms with Crippen LogP contribution in [0.2, 0.25) is 5.02 Å². The van der Waals surface area contributed by atoms with E-state index in [-0.39, 0.29) is 5.91 Å². The van der Waals surface area contributed by atoms with E-state index in [0.717, 1.165) is 16.9 Å². The first-order valence-electron chi connectivity index (χ1n) is 7.51. The highest BCUT2D eigenvalue weighted by atomic mass is 35.5. The van der Waals surface area contributed by atoms with Gasteiger partial charge in [-0.1, -0.05) is 41.1 Å². The van der Waals surface area contributed by atoms with Gasteiger partial charge >= 0.3 is 0 Å². The van der Waals surface area contributed by atoms with Crippen LogP contribution in [0, 0.1) is 13.8 Å². The lowest BCUT2D eigenvalue weighted by atomic mass is 10.2. The number of anilines is 1. The van der Waals surface area contributed by atoms with Crippen LogP contribution in [-0.4, -0.2) is 27.9 Å². The summed E-state index contributed by atoms with van der Waals surface area (Å²) >= 11 is 6.18. The van der Waals surface area contributed by atoms with Crippen LogP contribution in [0.5, 0.6) is 0 Å². The molecule has 6 heteroatoms. The van der Waals surface area contributed by atoms with Gasteiger partial charge in [0.1, 0.15) is 0 Å². The summed E-state index contributed by atoms with van der Waals surface area (Å²) in [5, 5.41) is 8.83. The molecule has 5 nitrogen and oxygen atoms in total. The molecule has 0 aliphatic heterocycles. The molecule has 0 fully saturated rings. The van der Waals surface area contributed by atoms with E-state index in [4.69, 9.17) is 11.6 Å². The summed E-state index contributed by atoms with van der Waals surface area (Å²) in [5.74, 6) is -0.205. The van der Waals surface area contributed by atoms with Gasteiger partial charge in [-0.05, 0) is 43.7 Å². The maximum absolute atomic E-state index is 12.7. The molecule has 0 atom stereocenters. The number of halogens is 1. The van der Waals surface area contributed by atoms with E-state index >= 15 is 0 Å². The minimum absolute atomic E-state index is 0.205. The standard InChI is InChI=1S/C18H17ClN4O/c1-12-9-10-15(11-16(12)19)23-13(2)17(20-21-23)18(24)22(3)14-7-5-4-6-8-14/h4-11H,1-3H3. The molecule has 0 aliphatic carbocycles. The zero-order chi connectivity index (χ0) is 17.3. The van der Waals surface area contributed by atoms with Crippen LogP contribution in [0.4, 0.5) is 5.69 Å². The lowest BCUT2D eigenvalue weighted by molar-refractivity contribution is 0.0987. The zero-order valence-corrected chi connectivity index (χ0v) is 14.4. The largest absolute Gasteiger partial charge is 0.310 e. The van der Waals surface area contributed by atoms with Crippen LogP contribution in [0.1, 0.15) is 21.7 Å². The van der Waals surface area contributed by atoms with Crippen LogP contribution in [-0.2, 0) is 0 Å². The molecule has 0 N–H and O–H groups in total. The minimum atomic E-state index is -0.205. The number of aromatic nitrogens is 3. The van der Waals surface area contributed by atoms with Crippen LogP contribution in [0.15, 0.2) is 48.5 Å². The molecule has 0 spiro atoms. The third-order valence-electron chi connectivity index (χ3n) is 3.95. The summed E-state index contributed by atoms with van der Waals surface area (Å²) in [6.07, 6.45) is 0. The van der Waals surface area contributed by atoms with Crippen molar-refractivity contribution in [1.29, 1.82) is 0 Å². The Morgan fingerprint density at radius 1 is 1.12 bits per heavy atom. The van der Waals surface area contributed by atoms with Gasteiger partial charge in [-0.3, -0.25) is 4.79 Å². The van der Waals surface area contributed by atoms with Crippen molar-refractivity contribution in [2.75, 3.05) is 11.9 Å². The van der Waals surface area contributed by atoms with Crippen molar-refractivity contribution in [2.24, 2.45) is 0 Å². The van der Waals surface area contributed by atoms with Crippen LogP contribution in [0.3, 0.4) is 0 Å². The quantitative estimate of drug-likeness (QED) is 0.728. The number of rotatable bonds is 3. The molecule has 24 heavy (non-hydrogen) atoms. The van der Waals surface area contributed by atoms with Crippen LogP contribution < -0.4 is 4.90 Å². The number of carbonyl (C=O) groups excluding carboxylic acids is 1. The first-order chi connectivity index (χ1) is 11.5. The fourth-order valence-corrected chi connectivity index (χ4v) is 2.59. The fourth-order valence-electron chi connectivity index (χ4n) is 2.41. The molecular weight excluding hydrogens is 324 g/mol. The van der Waals surface area contributed by atoms with Crippen molar-refractivity contribution in [3.8, 4) is 5.69 Å². The second-order valence-corrected chi connectivity index (χ2v) is 5.98. The monoisotopic (exact) mass is 340 g/mol. The Bertz CT molecular complexity index is 889. The molecular formula is C18H17ClN4O. The van der Waals surface area contributed by atoms with Crippen molar-refractivity contribution in [2.45, 2.75) is 13.8 Å². The Labute approximate surface area is 145 Å². The predicted molar refractivity (Wildman–Crippen MR) is 95.0 cm³/mol. The first-order valence-corrected chi connectivity index (χ1v) is 7.89. The Morgan fingerprint density at radius 2 is 1.83 bits per heavy atom. The Kier molecular flexibility index (Phi) is 4.36. The summed E-state index contributed by atoms with van der Waals surface area (Å²) in [6, 6.07) is 15.1. The van der Waals surface area contributed by atoms with Crippen molar-refractivity contribution in [3.63, 3.8) is 0 Å². The maximum Gasteiger partial charge on any atom is 0.280 e. The Morgan fingerprint density at radius 3 is 2.50 bits per heavy atom. The number of aryl methyl sites for hydroxylation is 1. The van der Waals surface area contributed by atoms with E-state index < -0.39 is 0 Å². The van der Waals surface area contributed by atoms with E-state index in [1.54, 1.807) is 16.6 Å². The minimum Gasteiger partial charge on any atom is -0.310 e. The average Bonchev–Trinajstić information content (AvgIpc) is 2.98. The highest BCUT2D eigenvalue weighted by Gasteiger charge is 2.21. The van der Waals surface area contributed by atoms with Gasteiger partial charge in [-0.25, -0.2) is 4.68 Å². The van der Waals surface area contributed by atoms with Crippen molar-refractivity contribution in [1.82, 2.24) is 15.0 Å². The number of amides is 1. The second kappa shape index (κ2) is 6.45. The first kappa shape index (κ1) is 16.2. The number of carbonyl (C=O) groups is 1. The SMILES string of the molecule is Cc1ccc(-n2nnc(C(=O)N(C)c3ccccc3)c2C)cc1Cl. The summed E-state index contributed by atoms with van der Waals surface area (Å²) in [4.78, 5) is 14.3. The van der Waals surface area contributed by atoms with Crippen molar-refractivity contribution < 1.29 is 4.79 Å². The molecule has 1 heterocycles. The lowest BCUT2D eigenvalue weighted by Crippen LogP contribution is -2.27. The second-order valence-electron chi connectivity index (χ2n) is 5.57. The molecule has 0 unspecified atom stereocenters. The van der Waals surface area contributed by atoms with Crippen LogP contribution in [0.25, 0.3) is 5.69 Å². The number of hydrogen-bond donors (Lipinski definition) is 0. The normalized spacial score (nSPS) is 10.7. The van der Waals surface area contributed by atoms with E-state index in [9.17, 15) is 4.79 Å². The van der Waals surface area contributed by atoms with E-state index in [1.165, 1.54) is 0 Å². The molecule has 0 saturated carbocycles. The van der Waals surface area contributed by atoms with Gasteiger partial charge in [0.05, 0.1) is 11.4 Å². The van der Waals surface area contributed by atoms with Crippen molar-refractivity contribution in [3.05, 3.63) is 70.5 Å². The van der Waals surface area contributed by atoms with Gasteiger partial charge in [0.15, 0.2) is 5.69 Å². The van der Waals surface area contributed by atoms with Gasteiger partial charge in [0.2, 0.25) is 0 Å². The summed E-state index contributed by atoms with van der Waals surface area (Å²) in [5.41, 5.74) is 3.55. The van der Waals surface area contributed by atoms with Gasteiger partial charge in [0, 0.05) is 17.8 Å². The lowest BCUT2D eigenvalue weighted by Gasteiger charge is -2.16. The molecule has 3 aromatic rings. The molecule has 0 aliphatic rings. The molecule has 0 radical (unpaired) electrons. The third-order valence-corrected chi connectivity index (χ3v) is 4.35. The summed E-state index contributed by atoms with van der Waals surface area (Å²) in [7, 11) is 1.72. The Balaban J connectivity index is 1.95. The summed E-state index contributed by atoms with van der Waals surface area (Å²) < 4.78 is 1.62. The summed E-state index contributed by atoms with van der Waals surface area (Å²) in [6.45, 7) is 3.75. The molecule has 1 aromatic heterocycles. The highest BCUT2D eigenvalue weighted by molar-refractivity contribution is 6.31. The molecule has 0 saturated heterocycles. The van der Waals surface area contributed by atoms with Crippen LogP contribution >= 0.6 is 11.6 Å². The molecule has 2 aromatic carbocycles. The van der Waals surface area contributed by atoms with E-state index in [0.29, 0.717) is 16.4 Å². The number of nitrogens with zero attached hydrogens (tertiary/aromatic N) is 4. The van der Waals surface area contributed by atoms with Gasteiger partial charge in [-0.2, -0.15) is 0 Å². The average molecular weight is 341 g/mol. The third kappa shape index (κ3) is 2.90. The molecule has 1 amide bonds. The van der Waals surface area contributed by atoms with Crippen molar-refractivity contribution >= 4 is 23.2 Å². The molecule has 122 valence electrons. The molecule has 3 rings (SSSR count). The maximum atomic E-state index is 12.7. The number of benzene rings is 2. The van der Waals surface area contributed by atoms with E-state index in [1.807, 2.05) is 62.4 Å². The van der Waals surface area contributed by atoms with Gasteiger partial charge in [-0.15, -0.1) is 5.10 Å².